The van der Waals surface area contributed by atoms with Gasteiger partial charge in [-0.25, -0.2) is 0 Å². The number of nitrogens with zero attached hydrogens (tertiary/aromatic N) is 1. The highest BCUT2D eigenvalue weighted by Gasteiger charge is 2.27. The zero-order valence-electron chi connectivity index (χ0n) is 10.2. The van der Waals surface area contributed by atoms with E-state index in [0.29, 0.717) is 6.42 Å². The molecule has 0 unspecified atom stereocenters. The van der Waals surface area contributed by atoms with Crippen LogP contribution in [0.3, 0.4) is 0 Å². The summed E-state index contributed by atoms with van der Waals surface area (Å²) < 4.78 is 0. The largest absolute Gasteiger partial charge is 0.481 e. The zero-order valence-corrected chi connectivity index (χ0v) is 10.2. The molecule has 0 atom stereocenters. The first kappa shape index (κ1) is 11.6. The van der Waals surface area contributed by atoms with Crippen molar-refractivity contribution in [3.8, 4) is 0 Å². The molecule has 0 aliphatic rings. The van der Waals surface area contributed by atoms with Gasteiger partial charge in [0.05, 0.1) is 10.9 Å². The second-order valence-corrected chi connectivity index (χ2v) is 5.07. The van der Waals surface area contributed by atoms with Crippen LogP contribution in [0.1, 0.15) is 25.1 Å². The van der Waals surface area contributed by atoms with Gasteiger partial charge in [0.15, 0.2) is 0 Å². The van der Waals surface area contributed by atoms with Gasteiger partial charge in [-0.1, -0.05) is 6.07 Å². The third kappa shape index (κ3) is 2.16. The molecule has 4 heteroatoms. The zero-order chi connectivity index (χ0) is 12.6. The molecule has 0 bridgehead atoms. The monoisotopic (exact) mass is 232 g/mol. The molecule has 1 aromatic carbocycles. The lowest BCUT2D eigenvalue weighted by Crippen LogP contribution is -2.26. The highest BCUT2D eigenvalue weighted by Crippen LogP contribution is 2.25. The maximum absolute atomic E-state index is 11.1. The van der Waals surface area contributed by atoms with Gasteiger partial charge in [-0.3, -0.25) is 9.89 Å². The average Bonchev–Trinajstić information content (AvgIpc) is 2.60. The van der Waals surface area contributed by atoms with E-state index in [1.165, 1.54) is 0 Å². The summed E-state index contributed by atoms with van der Waals surface area (Å²) in [6.07, 6.45) is 0.517. The van der Waals surface area contributed by atoms with Crippen LogP contribution in [0, 0.1) is 12.3 Å². The Morgan fingerprint density at radius 2 is 2.18 bits per heavy atom. The van der Waals surface area contributed by atoms with Crippen molar-refractivity contribution in [1.82, 2.24) is 10.2 Å². The molecule has 0 aliphatic carbocycles. The lowest BCUT2D eigenvalue weighted by atomic mass is 9.85. The average molecular weight is 232 g/mol. The molecule has 1 aromatic heterocycles. The van der Waals surface area contributed by atoms with Gasteiger partial charge in [0.25, 0.3) is 0 Å². The molecule has 0 spiro atoms. The molecular weight excluding hydrogens is 216 g/mol. The third-order valence-electron chi connectivity index (χ3n) is 3.03. The van der Waals surface area contributed by atoms with E-state index in [2.05, 4.69) is 10.2 Å². The number of H-pyrrole nitrogens is 1. The van der Waals surface area contributed by atoms with E-state index in [1.807, 2.05) is 25.1 Å². The van der Waals surface area contributed by atoms with Crippen molar-refractivity contribution in [1.29, 1.82) is 0 Å². The molecule has 17 heavy (non-hydrogen) atoms. The van der Waals surface area contributed by atoms with Crippen LogP contribution in [0.25, 0.3) is 10.9 Å². The van der Waals surface area contributed by atoms with Gasteiger partial charge in [-0.15, -0.1) is 0 Å². The Morgan fingerprint density at radius 1 is 1.47 bits per heavy atom. The van der Waals surface area contributed by atoms with Crippen LogP contribution in [0.15, 0.2) is 18.2 Å². The van der Waals surface area contributed by atoms with Crippen LogP contribution in [0.2, 0.25) is 0 Å². The van der Waals surface area contributed by atoms with Gasteiger partial charge in [0.2, 0.25) is 0 Å². The number of benzene rings is 1. The van der Waals surface area contributed by atoms with Crippen LogP contribution >= 0.6 is 0 Å². The quantitative estimate of drug-likeness (QED) is 0.854. The molecule has 0 saturated carbocycles. The highest BCUT2D eigenvalue weighted by molar-refractivity contribution is 5.82. The number of hydrogen-bond acceptors (Lipinski definition) is 2. The van der Waals surface area contributed by atoms with Gasteiger partial charge >= 0.3 is 5.97 Å². The van der Waals surface area contributed by atoms with Crippen molar-refractivity contribution >= 4 is 16.9 Å². The van der Waals surface area contributed by atoms with Crippen LogP contribution < -0.4 is 0 Å². The standard InChI is InChI=1S/C13H16N2O2/c1-8-10-6-9(4-5-11(10)15-14-8)7-13(2,3)12(16)17/h4-6H,7H2,1-3H3,(H,14,15)(H,16,17). The van der Waals surface area contributed by atoms with Gasteiger partial charge in [-0.2, -0.15) is 5.10 Å². The van der Waals surface area contributed by atoms with E-state index in [1.54, 1.807) is 13.8 Å². The Balaban J connectivity index is 2.37. The fourth-order valence-electron chi connectivity index (χ4n) is 1.88. The first-order valence-electron chi connectivity index (χ1n) is 5.57. The molecule has 0 aliphatic heterocycles. The fourth-order valence-corrected chi connectivity index (χ4v) is 1.88. The minimum Gasteiger partial charge on any atom is -0.481 e. The molecule has 2 rings (SSSR count). The Morgan fingerprint density at radius 3 is 2.82 bits per heavy atom. The summed E-state index contributed by atoms with van der Waals surface area (Å²) in [6, 6.07) is 5.87. The number of nitrogens with one attached hydrogen (secondary N) is 1. The fraction of sp³-hybridized carbons (Fsp3) is 0.385. The van der Waals surface area contributed by atoms with Gasteiger partial charge in [0, 0.05) is 11.1 Å². The minimum absolute atomic E-state index is 0.517. The van der Waals surface area contributed by atoms with Crippen LogP contribution in [0.4, 0.5) is 0 Å². The van der Waals surface area contributed by atoms with Gasteiger partial charge in [0.1, 0.15) is 0 Å². The van der Waals surface area contributed by atoms with E-state index in [0.717, 1.165) is 22.2 Å². The lowest BCUT2D eigenvalue weighted by molar-refractivity contribution is -0.146. The summed E-state index contributed by atoms with van der Waals surface area (Å²) in [7, 11) is 0. The van der Waals surface area contributed by atoms with Crippen molar-refractivity contribution in [2.75, 3.05) is 0 Å². The number of fused-ring (bicyclic) bond motifs is 1. The van der Waals surface area contributed by atoms with Crippen molar-refractivity contribution in [3.63, 3.8) is 0 Å². The number of aromatic nitrogens is 2. The number of rotatable bonds is 3. The molecule has 0 radical (unpaired) electrons. The summed E-state index contributed by atoms with van der Waals surface area (Å²) >= 11 is 0. The van der Waals surface area contributed by atoms with Crippen LogP contribution in [-0.2, 0) is 11.2 Å². The predicted molar refractivity (Wildman–Crippen MR) is 66.0 cm³/mol. The molecule has 0 fully saturated rings. The molecular formula is C13H16N2O2. The number of aromatic amines is 1. The summed E-state index contributed by atoms with van der Waals surface area (Å²) in [5.74, 6) is -0.776. The van der Waals surface area contributed by atoms with E-state index in [4.69, 9.17) is 5.11 Å². The lowest BCUT2D eigenvalue weighted by Gasteiger charge is -2.18. The van der Waals surface area contributed by atoms with Crippen molar-refractivity contribution in [3.05, 3.63) is 29.5 Å². The number of aliphatic carboxylic acids is 1. The maximum atomic E-state index is 11.1. The SMILES string of the molecule is Cc1[nH]nc2ccc(CC(C)(C)C(=O)O)cc12. The minimum atomic E-state index is -0.776. The maximum Gasteiger partial charge on any atom is 0.309 e. The first-order valence-corrected chi connectivity index (χ1v) is 5.57. The van der Waals surface area contributed by atoms with Crippen molar-refractivity contribution < 1.29 is 9.90 Å². The van der Waals surface area contributed by atoms with E-state index in [-0.39, 0.29) is 0 Å². The molecule has 2 N–H and O–H groups in total. The second-order valence-electron chi connectivity index (χ2n) is 5.07. The highest BCUT2D eigenvalue weighted by atomic mass is 16.4. The number of carboxylic acids is 1. The van der Waals surface area contributed by atoms with E-state index >= 15 is 0 Å². The topological polar surface area (TPSA) is 66.0 Å². The van der Waals surface area contributed by atoms with E-state index < -0.39 is 11.4 Å². The number of carboxylic acid groups (broad SMARTS) is 1. The smallest absolute Gasteiger partial charge is 0.309 e. The summed E-state index contributed by atoms with van der Waals surface area (Å²) in [5, 5.41) is 17.2. The van der Waals surface area contributed by atoms with Gasteiger partial charge < -0.3 is 5.11 Å². The first-order chi connectivity index (χ1) is 7.90. The molecule has 0 saturated heterocycles. The molecule has 1 heterocycles. The second kappa shape index (κ2) is 3.87. The third-order valence-corrected chi connectivity index (χ3v) is 3.03. The normalized spacial score (nSPS) is 11.9. The van der Waals surface area contributed by atoms with Gasteiger partial charge in [-0.05, 0) is 44.9 Å². The number of aryl methyl sites for hydroxylation is 1. The van der Waals surface area contributed by atoms with E-state index in [9.17, 15) is 4.79 Å². The summed E-state index contributed by atoms with van der Waals surface area (Å²) in [4.78, 5) is 11.1. The Kier molecular flexibility index (Phi) is 2.65. The van der Waals surface area contributed by atoms with Crippen LogP contribution in [0.5, 0.6) is 0 Å². The Labute approximate surface area is 99.7 Å². The molecule has 2 aromatic rings. The van der Waals surface area contributed by atoms with Crippen LogP contribution in [-0.4, -0.2) is 21.3 Å². The van der Waals surface area contributed by atoms with Crippen molar-refractivity contribution in [2.24, 2.45) is 5.41 Å². The number of hydrogen-bond donors (Lipinski definition) is 2. The molecule has 4 nitrogen and oxygen atoms in total. The Bertz CT molecular complexity index is 570. The number of carbonyl (C=O) groups is 1. The Hall–Kier alpha value is -1.84. The predicted octanol–water partition coefficient (Wildman–Crippen LogP) is 2.52. The molecule has 90 valence electrons. The molecule has 0 amide bonds. The summed E-state index contributed by atoms with van der Waals surface area (Å²) in [6.45, 7) is 5.44. The summed E-state index contributed by atoms with van der Waals surface area (Å²) in [5.41, 5.74) is 2.20. The van der Waals surface area contributed by atoms with Crippen molar-refractivity contribution in [2.45, 2.75) is 27.2 Å².